The molecule has 92 valence electrons. The molecule has 0 radical (unpaired) electrons. The summed E-state index contributed by atoms with van der Waals surface area (Å²) in [6.07, 6.45) is 6.17. The van der Waals surface area contributed by atoms with E-state index in [4.69, 9.17) is 9.47 Å². The van der Waals surface area contributed by atoms with E-state index < -0.39 is 0 Å². The molecule has 1 heterocycles. The first-order chi connectivity index (χ1) is 8.22. The Kier molecular flexibility index (Phi) is 3.61. The first-order valence-corrected chi connectivity index (χ1v) is 5.90. The number of ether oxygens (including phenoxy) is 2. The van der Waals surface area contributed by atoms with Crippen molar-refractivity contribution < 1.29 is 19.1 Å². The van der Waals surface area contributed by atoms with Gasteiger partial charge in [-0.25, -0.2) is 9.59 Å². The lowest BCUT2D eigenvalue weighted by Crippen LogP contribution is -2.05. The highest BCUT2D eigenvalue weighted by Gasteiger charge is 2.25. The maximum absolute atomic E-state index is 11.6. The molecular formula is C13H16O4. The molecule has 0 saturated carbocycles. The smallest absolute Gasteiger partial charge is 0.334 e. The molecule has 0 aromatic rings. The normalized spacial score (nSPS) is 23.8. The van der Waals surface area contributed by atoms with E-state index in [1.54, 1.807) is 6.08 Å². The summed E-state index contributed by atoms with van der Waals surface area (Å²) < 4.78 is 9.75. The number of carbonyl (C=O) groups is 2. The number of methoxy groups -OCH3 is 1. The van der Waals surface area contributed by atoms with Crippen molar-refractivity contribution in [2.45, 2.75) is 32.1 Å². The van der Waals surface area contributed by atoms with Gasteiger partial charge in [0.2, 0.25) is 0 Å². The highest BCUT2D eigenvalue weighted by molar-refractivity contribution is 5.94. The van der Waals surface area contributed by atoms with Gasteiger partial charge in [0, 0.05) is 16.7 Å². The van der Waals surface area contributed by atoms with E-state index in [1.165, 1.54) is 7.11 Å². The fraction of sp³-hybridized carbons (Fsp3) is 0.538. The van der Waals surface area contributed by atoms with E-state index in [1.807, 2.05) is 0 Å². The quantitative estimate of drug-likeness (QED) is 0.652. The average Bonchev–Trinajstić information content (AvgIpc) is 2.71. The zero-order chi connectivity index (χ0) is 12.3. The van der Waals surface area contributed by atoms with Gasteiger partial charge in [0.25, 0.3) is 0 Å². The highest BCUT2D eigenvalue weighted by atomic mass is 16.5. The van der Waals surface area contributed by atoms with Crippen LogP contribution in [0.1, 0.15) is 32.1 Å². The minimum atomic E-state index is -0.307. The third-order valence-electron chi connectivity index (χ3n) is 3.16. The molecule has 0 atom stereocenters. The van der Waals surface area contributed by atoms with Crippen LogP contribution >= 0.6 is 0 Å². The van der Waals surface area contributed by atoms with Crippen molar-refractivity contribution in [2.75, 3.05) is 13.7 Å². The number of hydrogen-bond acceptors (Lipinski definition) is 4. The standard InChI is InChI=1S/C13H16O4/c1-16-12(14)9-5-3-2-4-6-11-10(7-9)8-17-13(11)15/h7H,2-6,8H2,1H3/b9-7+. The van der Waals surface area contributed by atoms with Crippen LogP contribution in [-0.2, 0) is 19.1 Å². The second kappa shape index (κ2) is 5.17. The van der Waals surface area contributed by atoms with Gasteiger partial charge in [0.05, 0.1) is 7.11 Å². The van der Waals surface area contributed by atoms with Gasteiger partial charge in [-0.15, -0.1) is 0 Å². The molecule has 0 fully saturated rings. The highest BCUT2D eigenvalue weighted by Crippen LogP contribution is 2.27. The lowest BCUT2D eigenvalue weighted by molar-refractivity contribution is -0.136. The molecule has 0 unspecified atom stereocenters. The Morgan fingerprint density at radius 3 is 2.82 bits per heavy atom. The third-order valence-corrected chi connectivity index (χ3v) is 3.16. The minimum Gasteiger partial charge on any atom is -0.466 e. The van der Waals surface area contributed by atoms with E-state index in [-0.39, 0.29) is 18.5 Å². The molecule has 1 aliphatic carbocycles. The van der Waals surface area contributed by atoms with Crippen molar-refractivity contribution in [1.82, 2.24) is 0 Å². The number of carbonyl (C=O) groups excluding carboxylic acids is 2. The summed E-state index contributed by atoms with van der Waals surface area (Å²) in [6.45, 7) is 0.286. The van der Waals surface area contributed by atoms with Gasteiger partial charge in [-0.2, -0.15) is 0 Å². The summed E-state index contributed by atoms with van der Waals surface area (Å²) in [5.41, 5.74) is 2.21. The number of hydrogen-bond donors (Lipinski definition) is 0. The van der Waals surface area contributed by atoms with Gasteiger partial charge in [0.15, 0.2) is 0 Å². The largest absolute Gasteiger partial charge is 0.466 e. The van der Waals surface area contributed by atoms with Gasteiger partial charge in [-0.3, -0.25) is 0 Å². The van der Waals surface area contributed by atoms with Crippen molar-refractivity contribution in [3.63, 3.8) is 0 Å². The van der Waals surface area contributed by atoms with Gasteiger partial charge < -0.3 is 9.47 Å². The van der Waals surface area contributed by atoms with Crippen LogP contribution in [0.2, 0.25) is 0 Å². The van der Waals surface area contributed by atoms with Crippen LogP contribution in [0.25, 0.3) is 0 Å². The summed E-state index contributed by atoms with van der Waals surface area (Å²) in [6, 6.07) is 0. The first kappa shape index (κ1) is 11.9. The molecule has 0 amide bonds. The Balaban J connectivity index is 2.32. The molecule has 2 rings (SSSR count). The molecule has 0 spiro atoms. The van der Waals surface area contributed by atoms with Crippen LogP contribution in [0.4, 0.5) is 0 Å². The van der Waals surface area contributed by atoms with Crippen LogP contribution in [0.15, 0.2) is 22.8 Å². The Morgan fingerprint density at radius 2 is 2.06 bits per heavy atom. The molecule has 4 nitrogen and oxygen atoms in total. The lowest BCUT2D eigenvalue weighted by Gasteiger charge is -2.04. The summed E-state index contributed by atoms with van der Waals surface area (Å²) in [5.74, 6) is -0.541. The predicted octanol–water partition coefficient (Wildman–Crippen LogP) is 1.90. The zero-order valence-electron chi connectivity index (χ0n) is 9.95. The van der Waals surface area contributed by atoms with Gasteiger partial charge in [-0.1, -0.05) is 6.42 Å². The molecule has 0 aromatic carbocycles. The SMILES string of the molecule is COC(=O)/C1=C/C2=C(CCCCC1)C(=O)OC2. The summed E-state index contributed by atoms with van der Waals surface area (Å²) in [4.78, 5) is 23.1. The summed E-state index contributed by atoms with van der Waals surface area (Å²) in [7, 11) is 1.38. The van der Waals surface area contributed by atoms with Crippen LogP contribution in [0.3, 0.4) is 0 Å². The lowest BCUT2D eigenvalue weighted by atomic mass is 10.0. The molecule has 0 aromatic heterocycles. The summed E-state index contributed by atoms with van der Waals surface area (Å²) >= 11 is 0. The Bertz CT molecular complexity index is 404. The van der Waals surface area contributed by atoms with Crippen LogP contribution in [0.5, 0.6) is 0 Å². The molecule has 0 saturated heterocycles. The summed E-state index contributed by atoms with van der Waals surface area (Å²) in [5, 5.41) is 0. The molecule has 0 bridgehead atoms. The average molecular weight is 236 g/mol. The third kappa shape index (κ3) is 2.57. The zero-order valence-corrected chi connectivity index (χ0v) is 9.95. The van der Waals surface area contributed by atoms with Crippen LogP contribution < -0.4 is 0 Å². The molecule has 2 aliphatic rings. The Morgan fingerprint density at radius 1 is 1.29 bits per heavy atom. The van der Waals surface area contributed by atoms with Crippen LogP contribution in [0, 0.1) is 0 Å². The van der Waals surface area contributed by atoms with E-state index in [9.17, 15) is 9.59 Å². The maximum atomic E-state index is 11.6. The van der Waals surface area contributed by atoms with Crippen molar-refractivity contribution in [3.8, 4) is 0 Å². The predicted molar refractivity (Wildman–Crippen MR) is 61.2 cm³/mol. The number of rotatable bonds is 1. The minimum absolute atomic E-state index is 0.234. The van der Waals surface area contributed by atoms with Crippen molar-refractivity contribution in [1.29, 1.82) is 0 Å². The van der Waals surface area contributed by atoms with E-state index in [0.717, 1.165) is 36.8 Å². The topological polar surface area (TPSA) is 52.6 Å². The number of cyclic esters (lactones) is 1. The monoisotopic (exact) mass is 236 g/mol. The molecular weight excluding hydrogens is 220 g/mol. The van der Waals surface area contributed by atoms with E-state index in [0.29, 0.717) is 12.0 Å². The second-order valence-electron chi connectivity index (χ2n) is 4.30. The van der Waals surface area contributed by atoms with E-state index >= 15 is 0 Å². The molecule has 17 heavy (non-hydrogen) atoms. The molecule has 1 aliphatic heterocycles. The second-order valence-corrected chi connectivity index (χ2v) is 4.30. The fourth-order valence-corrected chi connectivity index (χ4v) is 2.21. The molecule has 4 heteroatoms. The van der Waals surface area contributed by atoms with E-state index in [2.05, 4.69) is 0 Å². The fourth-order valence-electron chi connectivity index (χ4n) is 2.21. The van der Waals surface area contributed by atoms with Gasteiger partial charge in [-0.05, 0) is 31.8 Å². The Labute approximate surface area is 100 Å². The maximum Gasteiger partial charge on any atom is 0.334 e. The Hall–Kier alpha value is -1.58. The van der Waals surface area contributed by atoms with Crippen molar-refractivity contribution in [3.05, 3.63) is 22.8 Å². The van der Waals surface area contributed by atoms with Crippen molar-refractivity contribution in [2.24, 2.45) is 0 Å². The first-order valence-electron chi connectivity index (χ1n) is 5.90. The van der Waals surface area contributed by atoms with Gasteiger partial charge in [0.1, 0.15) is 6.61 Å². The van der Waals surface area contributed by atoms with Crippen LogP contribution in [-0.4, -0.2) is 25.7 Å². The van der Waals surface area contributed by atoms with Crippen molar-refractivity contribution >= 4 is 11.9 Å². The number of esters is 2. The van der Waals surface area contributed by atoms with Gasteiger partial charge >= 0.3 is 11.9 Å². The molecule has 0 N–H and O–H groups in total.